The van der Waals surface area contributed by atoms with Gasteiger partial charge in [0.25, 0.3) is 5.91 Å². The van der Waals surface area contributed by atoms with E-state index < -0.39 is 11.5 Å². The second kappa shape index (κ2) is 25.6. The number of unbranched alkanes of at least 4 members (excludes halogenated alkanes) is 3. The van der Waals surface area contributed by atoms with Crippen LogP contribution in [0.25, 0.3) is 0 Å². The molecule has 1 saturated heterocycles. The lowest BCUT2D eigenvalue weighted by Gasteiger charge is -2.42. The van der Waals surface area contributed by atoms with E-state index in [1.54, 1.807) is 6.07 Å². The number of benzene rings is 2. The number of nitrogens with one attached hydrogen (secondary N) is 5. The average molecular weight is 815 g/mol. The van der Waals surface area contributed by atoms with E-state index in [0.717, 1.165) is 67.8 Å². The van der Waals surface area contributed by atoms with Gasteiger partial charge in [-0.2, -0.15) is 0 Å². The van der Waals surface area contributed by atoms with Gasteiger partial charge in [-0.05, 0) is 101 Å². The third-order valence-corrected chi connectivity index (χ3v) is 10.5. The molecule has 1 aliphatic carbocycles. The van der Waals surface area contributed by atoms with Gasteiger partial charge in [-0.1, -0.05) is 61.9 Å². The summed E-state index contributed by atoms with van der Waals surface area (Å²) in [7, 11) is 2.08. The second-order valence-electron chi connectivity index (χ2n) is 15.4. The summed E-state index contributed by atoms with van der Waals surface area (Å²) in [6, 6.07) is 15.0. The molecule has 13 nitrogen and oxygen atoms in total. The smallest absolute Gasteiger partial charge is 0.303 e. The van der Waals surface area contributed by atoms with Crippen molar-refractivity contribution >= 4 is 29.2 Å². The normalized spacial score (nSPS) is 18.9. The van der Waals surface area contributed by atoms with E-state index in [1.165, 1.54) is 0 Å². The molecule has 4 rings (SSSR count). The molecule has 1 heterocycles. The Morgan fingerprint density at radius 1 is 0.898 bits per heavy atom. The quantitative estimate of drug-likeness (QED) is 0.0334. The van der Waals surface area contributed by atoms with E-state index in [9.17, 15) is 15.0 Å². The van der Waals surface area contributed by atoms with Crippen LogP contribution in [0, 0.1) is 16.7 Å². The summed E-state index contributed by atoms with van der Waals surface area (Å²) in [6.07, 6.45) is 17.0. The number of allylic oxidation sites excluding steroid dienone is 4. The van der Waals surface area contributed by atoms with Gasteiger partial charge in [0.1, 0.15) is 17.4 Å². The molecule has 6 N–H and O–H groups in total. The number of likely N-dealkylation sites (tertiary alicyclic amines) is 1. The molecule has 1 fully saturated rings. The van der Waals surface area contributed by atoms with E-state index in [-0.39, 0.29) is 30.0 Å². The molecule has 1 aliphatic heterocycles. The fourth-order valence-corrected chi connectivity index (χ4v) is 6.74. The van der Waals surface area contributed by atoms with Crippen LogP contribution in [0.5, 0.6) is 5.75 Å². The number of nitrogens with zero attached hydrogens (tertiary/aromatic N) is 1. The molecule has 1 amide bonds. The first-order valence-electron chi connectivity index (χ1n) is 21.1. The van der Waals surface area contributed by atoms with E-state index in [0.29, 0.717) is 77.0 Å². The molecule has 2 aromatic carbocycles. The zero-order valence-corrected chi connectivity index (χ0v) is 35.2. The molecule has 2 aromatic rings. The summed E-state index contributed by atoms with van der Waals surface area (Å²) in [5.41, 5.74) is 2.25. The highest BCUT2D eigenvalue weighted by Crippen LogP contribution is 2.29. The number of carbonyl (C=O) groups excluding carboxylic acids is 1. The number of piperidine rings is 1. The number of aliphatic carboxylic acids is 1. The Kier molecular flexibility index (Phi) is 20.3. The van der Waals surface area contributed by atoms with Crippen molar-refractivity contribution in [3.63, 3.8) is 0 Å². The Morgan fingerprint density at radius 3 is 2.25 bits per heavy atom. The highest BCUT2D eigenvalue weighted by atomic mass is 16.5. The van der Waals surface area contributed by atoms with Crippen molar-refractivity contribution in [2.45, 2.75) is 83.2 Å². The second-order valence-corrected chi connectivity index (χ2v) is 15.4. The summed E-state index contributed by atoms with van der Waals surface area (Å²) in [5, 5.41) is 36.4. The first-order valence-corrected chi connectivity index (χ1v) is 21.1. The zero-order valence-electron chi connectivity index (χ0n) is 35.2. The van der Waals surface area contributed by atoms with Gasteiger partial charge in [0, 0.05) is 49.5 Å². The molecular formula is C46H66N6O7. The van der Waals surface area contributed by atoms with Gasteiger partial charge in [-0.25, -0.2) is 0 Å². The van der Waals surface area contributed by atoms with Gasteiger partial charge in [-0.15, -0.1) is 0 Å². The minimum atomic E-state index is -0.808. The Morgan fingerprint density at radius 2 is 1.56 bits per heavy atom. The van der Waals surface area contributed by atoms with Gasteiger partial charge in [0.05, 0.1) is 44.6 Å². The van der Waals surface area contributed by atoms with Crippen molar-refractivity contribution in [1.29, 1.82) is 10.8 Å². The van der Waals surface area contributed by atoms with Crippen molar-refractivity contribution in [2.75, 3.05) is 71.7 Å². The Hall–Kier alpha value is -4.82. The summed E-state index contributed by atoms with van der Waals surface area (Å²) in [4.78, 5) is 26.2. The SMILES string of the molecule is CC1\C=C/C(C(=N)NC(=N)C2(Nc3cccc(C(=O)N[C@H](C)c4ccc(OCCCCCCOCCOCCOCCCC(=O)O)cc4)c3)CCN(C)CC2)=C\C=C\C1. The number of amides is 1. The van der Waals surface area contributed by atoms with Crippen LogP contribution in [0.2, 0.25) is 0 Å². The number of ether oxygens (including phenoxy) is 4. The van der Waals surface area contributed by atoms with Crippen LogP contribution in [0.3, 0.4) is 0 Å². The van der Waals surface area contributed by atoms with E-state index in [4.69, 9.17) is 29.5 Å². The maximum Gasteiger partial charge on any atom is 0.303 e. The minimum Gasteiger partial charge on any atom is -0.494 e. The van der Waals surface area contributed by atoms with Crippen LogP contribution < -0.4 is 20.7 Å². The number of rotatable bonds is 25. The Bertz CT molecular complexity index is 1720. The van der Waals surface area contributed by atoms with Crippen LogP contribution in [0.1, 0.15) is 93.6 Å². The number of anilines is 1. The van der Waals surface area contributed by atoms with E-state index in [2.05, 4.69) is 47.0 Å². The van der Waals surface area contributed by atoms with Crippen LogP contribution in [0.4, 0.5) is 5.69 Å². The summed E-state index contributed by atoms with van der Waals surface area (Å²) >= 11 is 0. The maximum atomic E-state index is 13.5. The maximum absolute atomic E-state index is 13.5. The van der Waals surface area contributed by atoms with Gasteiger partial charge < -0.3 is 44.9 Å². The monoisotopic (exact) mass is 814 g/mol. The number of hydrogen-bond donors (Lipinski definition) is 6. The molecule has 2 aliphatic rings. The molecule has 0 saturated carbocycles. The Labute approximate surface area is 350 Å². The Balaban J connectivity index is 1.15. The number of amidine groups is 2. The lowest BCUT2D eigenvalue weighted by Crippen LogP contribution is -2.58. The molecule has 0 bridgehead atoms. The highest BCUT2D eigenvalue weighted by Gasteiger charge is 2.39. The number of hydrogen-bond acceptors (Lipinski definition) is 10. The molecule has 322 valence electrons. The molecule has 1 unspecified atom stereocenters. The standard InChI is InChI=1S/C46H66N6O7/c1-35-12-6-7-13-38(18-17-35)43(47)50-45(48)46(23-25-52(3)26-24-46)51-40-15-10-14-39(34-40)44(55)49-36(2)37-19-21-41(22-20-37)59-29-9-5-4-8-27-56-30-32-58-33-31-57-28-11-16-42(53)54/h6-7,10,13-15,17-22,34-36,51H,4-5,8-9,11-12,16,23-33H2,1-3H3,(H,49,55)(H,53,54)(H3,47,48,50)/b7-6+,18-17-,38-13+/t35?,36-/m1/s1. The van der Waals surface area contributed by atoms with Crippen molar-refractivity contribution in [1.82, 2.24) is 15.5 Å². The zero-order chi connectivity index (χ0) is 42.3. The van der Waals surface area contributed by atoms with Crippen LogP contribution in [0.15, 0.2) is 84.5 Å². The van der Waals surface area contributed by atoms with Crippen LogP contribution in [-0.2, 0) is 19.0 Å². The van der Waals surface area contributed by atoms with Gasteiger partial charge in [0.15, 0.2) is 0 Å². The average Bonchev–Trinajstić information content (AvgIpc) is 3.21. The van der Waals surface area contributed by atoms with Gasteiger partial charge >= 0.3 is 5.97 Å². The third-order valence-electron chi connectivity index (χ3n) is 10.5. The predicted molar refractivity (Wildman–Crippen MR) is 234 cm³/mol. The topological polar surface area (TPSA) is 178 Å². The number of carboxylic acid groups (broad SMARTS) is 1. The lowest BCUT2D eigenvalue weighted by molar-refractivity contribution is -0.137. The molecule has 13 heteroatoms. The fraction of sp³-hybridized carbons (Fsp3) is 0.522. The van der Waals surface area contributed by atoms with Crippen molar-refractivity contribution < 1.29 is 33.6 Å². The van der Waals surface area contributed by atoms with Crippen molar-refractivity contribution in [3.05, 3.63) is 95.6 Å². The lowest BCUT2D eigenvalue weighted by atomic mass is 9.85. The fourth-order valence-electron chi connectivity index (χ4n) is 6.74. The first kappa shape index (κ1) is 46.9. The van der Waals surface area contributed by atoms with E-state index in [1.807, 2.05) is 67.6 Å². The number of carbonyl (C=O) groups is 2. The third kappa shape index (κ3) is 17.1. The molecule has 0 radical (unpaired) electrons. The van der Waals surface area contributed by atoms with Gasteiger partial charge in [0.2, 0.25) is 0 Å². The van der Waals surface area contributed by atoms with Gasteiger partial charge in [-0.3, -0.25) is 20.4 Å². The van der Waals surface area contributed by atoms with Crippen molar-refractivity contribution in [2.24, 2.45) is 5.92 Å². The molecular weight excluding hydrogens is 749 g/mol. The number of carboxylic acids is 1. The summed E-state index contributed by atoms with van der Waals surface area (Å²) in [5.74, 6) is 0.609. The summed E-state index contributed by atoms with van der Waals surface area (Å²) in [6.45, 7) is 9.43. The van der Waals surface area contributed by atoms with Crippen molar-refractivity contribution in [3.8, 4) is 5.75 Å². The molecule has 2 atom stereocenters. The highest BCUT2D eigenvalue weighted by molar-refractivity contribution is 6.11. The van der Waals surface area contributed by atoms with Crippen LogP contribution in [-0.4, -0.2) is 105 Å². The molecule has 59 heavy (non-hydrogen) atoms. The van der Waals surface area contributed by atoms with Crippen LogP contribution >= 0.6 is 0 Å². The predicted octanol–water partition coefficient (Wildman–Crippen LogP) is 7.53. The molecule has 0 spiro atoms. The first-order chi connectivity index (χ1) is 28.5. The summed E-state index contributed by atoms with van der Waals surface area (Å²) < 4.78 is 22.4. The minimum absolute atomic E-state index is 0.121. The van der Waals surface area contributed by atoms with E-state index >= 15 is 0 Å². The molecule has 0 aromatic heterocycles. The largest absolute Gasteiger partial charge is 0.494 e.